The van der Waals surface area contributed by atoms with E-state index in [2.05, 4.69) is 12.8 Å². The zero-order chi connectivity index (χ0) is 4.83. The second-order valence-electron chi connectivity index (χ2n) is 1.31. The minimum Gasteiger partial charge on any atom is -1.00 e. The Kier molecular flexibility index (Phi) is 31.0. The monoisotopic (exact) mass is 144 g/mol. The Hall–Kier alpha value is 0.616. The summed E-state index contributed by atoms with van der Waals surface area (Å²) < 4.78 is 0. The first kappa shape index (κ1) is 15.8. The molecule has 0 atom stereocenters. The molecule has 0 amide bonds. The van der Waals surface area contributed by atoms with Crippen molar-refractivity contribution < 1.29 is 2.85 Å². The van der Waals surface area contributed by atoms with E-state index >= 15 is 0 Å². The molecule has 0 aliphatic carbocycles. The number of halogens is 1. The molecule has 8 heavy (non-hydrogen) atoms. The number of hydrogen-bond acceptors (Lipinski definition) is 0. The molecule has 0 saturated carbocycles. The second-order valence-corrected chi connectivity index (χ2v) is 1.31. The molecule has 0 rings (SSSR count). The van der Waals surface area contributed by atoms with Crippen LogP contribution in [0.25, 0.3) is 0 Å². The molecule has 46 valence electrons. The predicted molar refractivity (Wildman–Crippen MR) is 43.6 cm³/mol. The molecular formula is C6H13ClMg. The molecule has 0 saturated heterocycles. The summed E-state index contributed by atoms with van der Waals surface area (Å²) in [5.74, 6) is 2.57. The molecular weight excluding hydrogens is 132 g/mol. The molecule has 0 nitrogen and oxygen atoms in total. The third kappa shape index (κ3) is 16.0. The normalized spacial score (nSPS) is 5.50. The average Bonchev–Trinajstić information content (AvgIpc) is 1.61. The molecule has 0 N–H and O–H groups in total. The van der Waals surface area contributed by atoms with Gasteiger partial charge in [0.05, 0.1) is 0 Å². The zero-order valence-electron chi connectivity index (χ0n) is 7.31. The summed E-state index contributed by atoms with van der Waals surface area (Å²) in [5, 5.41) is 0. The van der Waals surface area contributed by atoms with Crippen molar-refractivity contribution in [1.29, 1.82) is 0 Å². The quantitative estimate of drug-likeness (QED) is 0.317. The van der Waals surface area contributed by atoms with Crippen molar-refractivity contribution in [3.63, 3.8) is 0 Å². The Balaban J connectivity index is -0.0000000208. The molecule has 0 spiro atoms. The van der Waals surface area contributed by atoms with Crippen molar-refractivity contribution in [2.75, 3.05) is 0 Å². The molecule has 0 aromatic carbocycles. The summed E-state index contributed by atoms with van der Waals surface area (Å²) in [4.78, 5) is 0. The average molecular weight is 145 g/mol. The topological polar surface area (TPSA) is 0 Å². The summed E-state index contributed by atoms with van der Waals surface area (Å²) in [6.45, 7) is 2.14. The predicted octanol–water partition coefficient (Wildman–Crippen LogP) is 2.08. The fraction of sp³-hybridized carbons (Fsp3) is 0.667. The van der Waals surface area contributed by atoms with Gasteiger partial charge in [-0.15, -0.1) is 24.8 Å². The SMILES string of the molecule is C#CCCCC.Cl.[H-].[H-].[Mg+2]. The molecule has 0 unspecified atom stereocenters. The molecule has 0 aliphatic heterocycles. The smallest absolute Gasteiger partial charge is 1.00 e. The van der Waals surface area contributed by atoms with Crippen LogP contribution in [0.2, 0.25) is 0 Å². The first-order chi connectivity index (χ1) is 2.91. The number of rotatable bonds is 2. The van der Waals surface area contributed by atoms with Crippen LogP contribution in [-0.2, 0) is 0 Å². The van der Waals surface area contributed by atoms with Gasteiger partial charge in [0.2, 0.25) is 0 Å². The van der Waals surface area contributed by atoms with Crippen LogP contribution >= 0.6 is 12.4 Å². The van der Waals surface area contributed by atoms with E-state index in [0.717, 1.165) is 6.42 Å². The third-order valence-electron chi connectivity index (χ3n) is 0.675. The van der Waals surface area contributed by atoms with Crippen molar-refractivity contribution in [3.8, 4) is 12.3 Å². The zero-order valence-corrected chi connectivity index (χ0v) is 7.54. The Morgan fingerprint density at radius 2 is 2.12 bits per heavy atom. The van der Waals surface area contributed by atoms with Crippen LogP contribution in [0, 0.1) is 12.3 Å². The Morgan fingerprint density at radius 3 is 2.25 bits per heavy atom. The first-order valence-electron chi connectivity index (χ1n) is 2.35. The van der Waals surface area contributed by atoms with Crippen molar-refractivity contribution >= 4 is 35.5 Å². The van der Waals surface area contributed by atoms with E-state index in [-0.39, 0.29) is 38.3 Å². The van der Waals surface area contributed by atoms with E-state index in [0.29, 0.717) is 0 Å². The number of unbranched alkanes of at least 4 members (excludes halogenated alkanes) is 2. The van der Waals surface area contributed by atoms with Gasteiger partial charge in [-0.05, 0) is 6.42 Å². The summed E-state index contributed by atoms with van der Waals surface area (Å²) in [5.41, 5.74) is 0. The van der Waals surface area contributed by atoms with Crippen LogP contribution in [-0.4, -0.2) is 23.1 Å². The van der Waals surface area contributed by atoms with Crippen LogP contribution in [0.1, 0.15) is 29.0 Å². The van der Waals surface area contributed by atoms with Gasteiger partial charge in [0.15, 0.2) is 0 Å². The largest absolute Gasteiger partial charge is 2.00 e. The fourth-order valence-electron chi connectivity index (χ4n) is 0.279. The molecule has 0 aromatic rings. The third-order valence-corrected chi connectivity index (χ3v) is 0.675. The Labute approximate surface area is 77.0 Å². The maximum Gasteiger partial charge on any atom is 2.00 e. The molecule has 0 bridgehead atoms. The van der Waals surface area contributed by atoms with Crippen LogP contribution < -0.4 is 0 Å². The van der Waals surface area contributed by atoms with Gasteiger partial charge in [0.25, 0.3) is 0 Å². The molecule has 0 fully saturated rings. The van der Waals surface area contributed by atoms with Crippen molar-refractivity contribution in [3.05, 3.63) is 0 Å². The van der Waals surface area contributed by atoms with Crippen LogP contribution in [0.15, 0.2) is 0 Å². The van der Waals surface area contributed by atoms with Crippen LogP contribution in [0.4, 0.5) is 0 Å². The van der Waals surface area contributed by atoms with Gasteiger partial charge in [0, 0.05) is 6.42 Å². The second kappa shape index (κ2) is 15.6. The van der Waals surface area contributed by atoms with Crippen molar-refractivity contribution in [2.45, 2.75) is 26.2 Å². The van der Waals surface area contributed by atoms with Gasteiger partial charge in [-0.1, -0.05) is 13.3 Å². The van der Waals surface area contributed by atoms with E-state index in [1.165, 1.54) is 12.8 Å². The maximum absolute atomic E-state index is 4.96. The molecule has 2 heteroatoms. The van der Waals surface area contributed by atoms with Crippen molar-refractivity contribution in [2.24, 2.45) is 0 Å². The summed E-state index contributed by atoms with van der Waals surface area (Å²) >= 11 is 0. The van der Waals surface area contributed by atoms with Crippen LogP contribution in [0.5, 0.6) is 0 Å². The van der Waals surface area contributed by atoms with E-state index in [1.807, 2.05) is 0 Å². The minimum atomic E-state index is 0. The summed E-state index contributed by atoms with van der Waals surface area (Å²) in [7, 11) is 0. The van der Waals surface area contributed by atoms with Gasteiger partial charge >= 0.3 is 23.1 Å². The van der Waals surface area contributed by atoms with Gasteiger partial charge in [-0.25, -0.2) is 0 Å². The van der Waals surface area contributed by atoms with E-state index in [4.69, 9.17) is 6.42 Å². The standard InChI is InChI=1S/C6H10.ClH.Mg.2H/c1-3-5-6-4-2;;;;/h1H,4-6H2,2H3;1H;;;/q;;+2;2*-1. The van der Waals surface area contributed by atoms with Gasteiger partial charge < -0.3 is 2.85 Å². The molecule has 0 aromatic heterocycles. The molecule has 0 heterocycles. The number of hydrogen-bond donors (Lipinski definition) is 0. The minimum absolute atomic E-state index is 0. The van der Waals surface area contributed by atoms with E-state index in [9.17, 15) is 0 Å². The van der Waals surface area contributed by atoms with Gasteiger partial charge in [-0.2, -0.15) is 0 Å². The fourth-order valence-corrected chi connectivity index (χ4v) is 0.279. The van der Waals surface area contributed by atoms with Gasteiger partial charge in [-0.3, -0.25) is 0 Å². The van der Waals surface area contributed by atoms with E-state index < -0.39 is 0 Å². The van der Waals surface area contributed by atoms with Gasteiger partial charge in [0.1, 0.15) is 0 Å². The Bertz CT molecular complexity index is 63.3. The van der Waals surface area contributed by atoms with Crippen molar-refractivity contribution in [1.82, 2.24) is 0 Å². The Morgan fingerprint density at radius 1 is 1.62 bits per heavy atom. The molecule has 0 aliphatic rings. The van der Waals surface area contributed by atoms with Crippen LogP contribution in [0.3, 0.4) is 0 Å². The maximum atomic E-state index is 4.96. The number of terminal acetylenes is 1. The summed E-state index contributed by atoms with van der Waals surface area (Å²) in [6, 6.07) is 0. The molecule has 0 radical (unpaired) electrons. The summed E-state index contributed by atoms with van der Waals surface area (Å²) in [6.07, 6.45) is 8.30. The first-order valence-corrected chi connectivity index (χ1v) is 2.35. The van der Waals surface area contributed by atoms with E-state index in [1.54, 1.807) is 0 Å².